The first-order chi connectivity index (χ1) is 10.0. The molecule has 0 aliphatic rings. The maximum atomic E-state index is 13.7. The molecule has 7 heteroatoms. The van der Waals surface area contributed by atoms with E-state index in [1.807, 2.05) is 19.2 Å². The zero-order chi connectivity index (χ0) is 15.4. The quantitative estimate of drug-likeness (QED) is 0.857. The maximum Gasteiger partial charge on any atom is 0.335 e. The molecule has 0 aliphatic carbocycles. The van der Waals surface area contributed by atoms with Crippen molar-refractivity contribution >= 4 is 5.97 Å². The molecule has 2 rings (SSSR count). The number of nitrogens with zero attached hydrogens (tertiary/aromatic N) is 2. The standard InChI is InChI=1S/C14H15F2N3O2/c1-2-19-4-3-10(18-19)7-17-8-11-12(15)5-9(14(20)21)6-13(11)16/h3-6,17H,2,7-8H2,1H3,(H,20,21). The molecule has 0 bridgehead atoms. The van der Waals surface area contributed by atoms with Crippen molar-refractivity contribution in [3.05, 3.63) is 52.9 Å². The van der Waals surface area contributed by atoms with Crippen molar-refractivity contribution in [3.63, 3.8) is 0 Å². The minimum atomic E-state index is -1.36. The number of rotatable bonds is 6. The van der Waals surface area contributed by atoms with Gasteiger partial charge in [0, 0.05) is 31.4 Å². The largest absolute Gasteiger partial charge is 0.478 e. The summed E-state index contributed by atoms with van der Waals surface area (Å²) in [6.07, 6.45) is 1.82. The molecule has 21 heavy (non-hydrogen) atoms. The lowest BCUT2D eigenvalue weighted by molar-refractivity contribution is 0.0695. The molecule has 0 saturated carbocycles. The lowest BCUT2D eigenvalue weighted by Crippen LogP contribution is -2.16. The highest BCUT2D eigenvalue weighted by Crippen LogP contribution is 2.15. The van der Waals surface area contributed by atoms with Gasteiger partial charge in [0.2, 0.25) is 0 Å². The van der Waals surface area contributed by atoms with Crippen LogP contribution in [0, 0.1) is 11.6 Å². The second-order valence-corrected chi connectivity index (χ2v) is 4.49. The Kier molecular flexibility index (Phi) is 4.64. The Morgan fingerprint density at radius 1 is 1.33 bits per heavy atom. The van der Waals surface area contributed by atoms with E-state index in [2.05, 4.69) is 10.4 Å². The average Bonchev–Trinajstić information content (AvgIpc) is 2.89. The molecule has 0 amide bonds. The first-order valence-corrected chi connectivity index (χ1v) is 6.45. The van der Waals surface area contributed by atoms with Gasteiger partial charge in [-0.05, 0) is 25.1 Å². The van der Waals surface area contributed by atoms with Crippen molar-refractivity contribution in [1.29, 1.82) is 0 Å². The lowest BCUT2D eigenvalue weighted by atomic mass is 10.1. The predicted molar refractivity (Wildman–Crippen MR) is 71.8 cm³/mol. The molecule has 2 aromatic rings. The molecule has 0 fully saturated rings. The zero-order valence-electron chi connectivity index (χ0n) is 11.4. The number of carbonyl (C=O) groups is 1. The Hall–Kier alpha value is -2.28. The van der Waals surface area contributed by atoms with E-state index in [0.717, 1.165) is 24.4 Å². The minimum Gasteiger partial charge on any atom is -0.478 e. The second-order valence-electron chi connectivity index (χ2n) is 4.49. The van der Waals surface area contributed by atoms with Crippen LogP contribution in [0.1, 0.15) is 28.5 Å². The smallest absolute Gasteiger partial charge is 0.335 e. The maximum absolute atomic E-state index is 13.7. The molecule has 5 nitrogen and oxygen atoms in total. The molecule has 0 aliphatic heterocycles. The molecule has 0 unspecified atom stereocenters. The molecule has 2 N–H and O–H groups in total. The van der Waals surface area contributed by atoms with Gasteiger partial charge in [0.15, 0.2) is 0 Å². The first-order valence-electron chi connectivity index (χ1n) is 6.45. The van der Waals surface area contributed by atoms with E-state index in [9.17, 15) is 13.6 Å². The molecule has 1 aromatic carbocycles. The van der Waals surface area contributed by atoms with Gasteiger partial charge in [-0.1, -0.05) is 0 Å². The summed E-state index contributed by atoms with van der Waals surface area (Å²) in [5.41, 5.74) is 0.171. The van der Waals surface area contributed by atoms with Gasteiger partial charge < -0.3 is 10.4 Å². The summed E-state index contributed by atoms with van der Waals surface area (Å²) in [4.78, 5) is 10.7. The van der Waals surface area contributed by atoms with Crippen LogP contribution >= 0.6 is 0 Å². The van der Waals surface area contributed by atoms with E-state index in [4.69, 9.17) is 5.11 Å². The normalized spacial score (nSPS) is 10.8. The van der Waals surface area contributed by atoms with Crippen molar-refractivity contribution in [3.8, 4) is 0 Å². The molecular weight excluding hydrogens is 280 g/mol. The van der Waals surface area contributed by atoms with Gasteiger partial charge in [0.25, 0.3) is 0 Å². The lowest BCUT2D eigenvalue weighted by Gasteiger charge is -2.07. The highest BCUT2D eigenvalue weighted by atomic mass is 19.1. The van der Waals surface area contributed by atoms with Gasteiger partial charge in [-0.15, -0.1) is 0 Å². The number of carboxylic acids is 1. The van der Waals surface area contributed by atoms with Crippen LogP contribution in [0.3, 0.4) is 0 Å². The first kappa shape index (κ1) is 15.1. The Bertz CT molecular complexity index is 632. The number of aryl methyl sites for hydroxylation is 1. The van der Waals surface area contributed by atoms with Crippen LogP contribution in [0.15, 0.2) is 24.4 Å². The Morgan fingerprint density at radius 3 is 2.52 bits per heavy atom. The van der Waals surface area contributed by atoms with Gasteiger partial charge in [0.1, 0.15) is 11.6 Å². The minimum absolute atomic E-state index is 0.0451. The average molecular weight is 295 g/mol. The molecule has 0 saturated heterocycles. The third-order valence-electron chi connectivity index (χ3n) is 3.02. The van der Waals surface area contributed by atoms with Crippen LogP contribution in [-0.4, -0.2) is 20.9 Å². The number of halogens is 2. The van der Waals surface area contributed by atoms with E-state index in [1.54, 1.807) is 4.68 Å². The number of carboxylic acid groups (broad SMARTS) is 1. The predicted octanol–water partition coefficient (Wildman–Crippen LogP) is 2.17. The third-order valence-corrected chi connectivity index (χ3v) is 3.02. The van der Waals surface area contributed by atoms with Gasteiger partial charge in [-0.3, -0.25) is 4.68 Å². The number of aromatic carboxylic acids is 1. The summed E-state index contributed by atoms with van der Waals surface area (Å²) in [5.74, 6) is -3.12. The van der Waals surface area contributed by atoms with Gasteiger partial charge in [-0.25, -0.2) is 13.6 Å². The van der Waals surface area contributed by atoms with Crippen LogP contribution < -0.4 is 5.32 Å². The molecule has 112 valence electrons. The number of hydrogen-bond donors (Lipinski definition) is 2. The van der Waals surface area contributed by atoms with E-state index in [1.165, 1.54) is 0 Å². The summed E-state index contributed by atoms with van der Waals surface area (Å²) in [6.45, 7) is 3.03. The van der Waals surface area contributed by atoms with Gasteiger partial charge in [-0.2, -0.15) is 5.10 Å². The molecular formula is C14H15F2N3O2. The highest BCUT2D eigenvalue weighted by Gasteiger charge is 2.14. The monoisotopic (exact) mass is 295 g/mol. The molecule has 0 radical (unpaired) electrons. The van der Waals surface area contributed by atoms with Crippen molar-refractivity contribution in [2.24, 2.45) is 0 Å². The number of hydrogen-bond acceptors (Lipinski definition) is 3. The van der Waals surface area contributed by atoms with Crippen molar-refractivity contribution in [2.75, 3.05) is 0 Å². The molecule has 0 spiro atoms. The van der Waals surface area contributed by atoms with Gasteiger partial charge in [0.05, 0.1) is 11.3 Å². The van der Waals surface area contributed by atoms with Crippen molar-refractivity contribution < 1.29 is 18.7 Å². The summed E-state index contributed by atoms with van der Waals surface area (Å²) in [7, 11) is 0. The van der Waals surface area contributed by atoms with E-state index >= 15 is 0 Å². The highest BCUT2D eigenvalue weighted by molar-refractivity contribution is 5.87. The summed E-state index contributed by atoms with van der Waals surface area (Å²) < 4.78 is 29.1. The Labute approximate surface area is 120 Å². The van der Waals surface area contributed by atoms with E-state index < -0.39 is 23.2 Å². The number of aromatic nitrogens is 2. The summed E-state index contributed by atoms with van der Waals surface area (Å²) in [5, 5.41) is 15.8. The van der Waals surface area contributed by atoms with Crippen molar-refractivity contribution in [1.82, 2.24) is 15.1 Å². The fourth-order valence-corrected chi connectivity index (χ4v) is 1.89. The summed E-state index contributed by atoms with van der Waals surface area (Å²) in [6, 6.07) is 3.44. The van der Waals surface area contributed by atoms with Crippen LogP contribution in [-0.2, 0) is 19.6 Å². The van der Waals surface area contributed by atoms with Crippen LogP contribution in [0.5, 0.6) is 0 Å². The third kappa shape index (κ3) is 3.63. The molecule has 1 heterocycles. The van der Waals surface area contributed by atoms with Crippen LogP contribution in [0.4, 0.5) is 8.78 Å². The zero-order valence-corrected chi connectivity index (χ0v) is 11.4. The van der Waals surface area contributed by atoms with E-state index in [0.29, 0.717) is 6.54 Å². The second kappa shape index (κ2) is 6.45. The number of nitrogens with one attached hydrogen (secondary N) is 1. The Balaban J connectivity index is 2.01. The fourth-order valence-electron chi connectivity index (χ4n) is 1.89. The fraction of sp³-hybridized carbons (Fsp3) is 0.286. The topological polar surface area (TPSA) is 67.2 Å². The van der Waals surface area contributed by atoms with Gasteiger partial charge >= 0.3 is 5.97 Å². The molecule has 0 atom stereocenters. The van der Waals surface area contributed by atoms with Crippen molar-refractivity contribution in [2.45, 2.75) is 26.6 Å². The Morgan fingerprint density at radius 2 is 2.00 bits per heavy atom. The number of benzene rings is 1. The van der Waals surface area contributed by atoms with E-state index in [-0.39, 0.29) is 12.1 Å². The van der Waals surface area contributed by atoms with Crippen LogP contribution in [0.2, 0.25) is 0 Å². The summed E-state index contributed by atoms with van der Waals surface area (Å²) >= 11 is 0. The SMILES string of the molecule is CCn1ccc(CNCc2c(F)cc(C(=O)O)cc2F)n1. The molecule has 1 aromatic heterocycles. The van der Waals surface area contributed by atoms with Crippen LogP contribution in [0.25, 0.3) is 0 Å².